The Morgan fingerprint density at radius 3 is 2.86 bits per heavy atom. The molecule has 3 heterocycles. The van der Waals surface area contributed by atoms with Crippen molar-refractivity contribution in [3.05, 3.63) is 18.5 Å². The van der Waals surface area contributed by atoms with Crippen molar-refractivity contribution in [2.45, 2.75) is 43.9 Å². The van der Waals surface area contributed by atoms with Gasteiger partial charge in [0.2, 0.25) is 0 Å². The summed E-state index contributed by atoms with van der Waals surface area (Å²) in [6, 6.07) is 2.47. The van der Waals surface area contributed by atoms with E-state index in [4.69, 9.17) is 9.47 Å². The van der Waals surface area contributed by atoms with Crippen LogP contribution in [0.5, 0.6) is 0 Å². The van der Waals surface area contributed by atoms with Gasteiger partial charge in [0.15, 0.2) is 0 Å². The van der Waals surface area contributed by atoms with Crippen LogP contribution >= 0.6 is 0 Å². The van der Waals surface area contributed by atoms with Gasteiger partial charge in [0.1, 0.15) is 0 Å². The molecule has 0 amide bonds. The van der Waals surface area contributed by atoms with Gasteiger partial charge in [-0.2, -0.15) is 5.10 Å². The first-order valence-electron chi connectivity index (χ1n) is 8.40. The van der Waals surface area contributed by atoms with Gasteiger partial charge >= 0.3 is 0 Å². The van der Waals surface area contributed by atoms with Crippen molar-refractivity contribution in [3.8, 4) is 0 Å². The molecule has 2 atom stereocenters. The molecule has 0 bridgehead atoms. The molecule has 0 aliphatic carbocycles. The average molecular weight is 309 g/mol. The number of likely N-dealkylation sites (tertiary alicyclic amines) is 1. The van der Waals surface area contributed by atoms with Crippen LogP contribution in [0.25, 0.3) is 0 Å². The van der Waals surface area contributed by atoms with E-state index < -0.39 is 6.10 Å². The smallest absolute Gasteiger partial charge is 0.0900 e. The molecular formula is C16H27N3O3. The maximum absolute atomic E-state index is 10.1. The molecule has 1 aromatic heterocycles. The summed E-state index contributed by atoms with van der Waals surface area (Å²) in [7, 11) is 0. The Morgan fingerprint density at radius 1 is 1.32 bits per heavy atom. The first kappa shape index (κ1) is 15.9. The highest BCUT2D eigenvalue weighted by Crippen LogP contribution is 2.21. The van der Waals surface area contributed by atoms with E-state index >= 15 is 0 Å². The van der Waals surface area contributed by atoms with Crippen molar-refractivity contribution in [1.82, 2.24) is 14.7 Å². The van der Waals surface area contributed by atoms with Gasteiger partial charge in [0.25, 0.3) is 0 Å². The van der Waals surface area contributed by atoms with Crippen molar-refractivity contribution in [3.63, 3.8) is 0 Å². The zero-order valence-electron chi connectivity index (χ0n) is 13.1. The van der Waals surface area contributed by atoms with Crippen LogP contribution in [0.1, 0.15) is 31.7 Å². The third kappa shape index (κ3) is 4.52. The van der Waals surface area contributed by atoms with E-state index in [2.05, 4.69) is 14.7 Å². The first-order chi connectivity index (χ1) is 10.8. The lowest BCUT2D eigenvalue weighted by molar-refractivity contribution is -0.0273. The highest BCUT2D eigenvalue weighted by atomic mass is 16.5. The Kier molecular flexibility index (Phi) is 5.83. The van der Waals surface area contributed by atoms with E-state index in [-0.39, 0.29) is 6.10 Å². The standard InChI is InChI=1S/C16H27N3O3/c20-15(12-21-13-16-3-1-10-22-16)11-18-8-4-14(5-9-18)19-7-2-6-17-19/h2,6-7,14-16,20H,1,3-5,8-13H2. The summed E-state index contributed by atoms with van der Waals surface area (Å²) in [4.78, 5) is 2.32. The minimum atomic E-state index is -0.414. The Hall–Kier alpha value is -0.950. The molecule has 0 radical (unpaired) electrons. The molecule has 2 aliphatic heterocycles. The van der Waals surface area contributed by atoms with Crippen molar-refractivity contribution in [2.75, 3.05) is 39.5 Å². The number of β-amino-alcohol motifs (C(OH)–C–C–N with tert-alkyl or cyclic N) is 1. The summed E-state index contributed by atoms with van der Waals surface area (Å²) >= 11 is 0. The number of piperidine rings is 1. The van der Waals surface area contributed by atoms with Gasteiger partial charge < -0.3 is 19.5 Å². The lowest BCUT2D eigenvalue weighted by atomic mass is 10.1. The van der Waals surface area contributed by atoms with Gasteiger partial charge in [0.05, 0.1) is 31.5 Å². The predicted octanol–water partition coefficient (Wildman–Crippen LogP) is 1.08. The second kappa shape index (κ2) is 8.06. The SMILES string of the molecule is OC(COCC1CCCO1)CN1CCC(n2cccn2)CC1. The number of hydrogen-bond donors (Lipinski definition) is 1. The molecule has 2 fully saturated rings. The number of nitrogens with zero attached hydrogens (tertiary/aromatic N) is 3. The summed E-state index contributed by atoms with van der Waals surface area (Å²) in [5, 5.41) is 14.4. The quantitative estimate of drug-likeness (QED) is 0.816. The molecule has 1 N–H and O–H groups in total. The summed E-state index contributed by atoms with van der Waals surface area (Å²) in [6.07, 6.45) is 8.07. The lowest BCUT2D eigenvalue weighted by Gasteiger charge is -2.33. The molecule has 22 heavy (non-hydrogen) atoms. The van der Waals surface area contributed by atoms with Gasteiger partial charge in [-0.1, -0.05) is 0 Å². The predicted molar refractivity (Wildman–Crippen MR) is 82.7 cm³/mol. The summed E-state index contributed by atoms with van der Waals surface area (Å²) < 4.78 is 13.1. The maximum atomic E-state index is 10.1. The Morgan fingerprint density at radius 2 is 2.18 bits per heavy atom. The van der Waals surface area contributed by atoms with Gasteiger partial charge in [-0.25, -0.2) is 0 Å². The summed E-state index contributed by atoms with van der Waals surface area (Å²) in [5.74, 6) is 0. The van der Waals surface area contributed by atoms with Crippen molar-refractivity contribution in [1.29, 1.82) is 0 Å². The van der Waals surface area contributed by atoms with Crippen molar-refractivity contribution in [2.24, 2.45) is 0 Å². The van der Waals surface area contributed by atoms with Gasteiger partial charge in [0, 0.05) is 38.6 Å². The lowest BCUT2D eigenvalue weighted by Crippen LogP contribution is -2.41. The molecule has 0 saturated carbocycles. The molecule has 6 heteroatoms. The molecule has 124 valence electrons. The minimum Gasteiger partial charge on any atom is -0.389 e. The maximum Gasteiger partial charge on any atom is 0.0900 e. The summed E-state index contributed by atoms with van der Waals surface area (Å²) in [5.41, 5.74) is 0. The van der Waals surface area contributed by atoms with Crippen molar-refractivity contribution >= 4 is 0 Å². The number of aliphatic hydroxyl groups excluding tert-OH is 1. The largest absolute Gasteiger partial charge is 0.389 e. The van der Waals surface area contributed by atoms with Gasteiger partial charge in [-0.05, 0) is 31.7 Å². The summed E-state index contributed by atoms with van der Waals surface area (Å²) in [6.45, 7) is 4.57. The Labute approximate surface area is 132 Å². The van der Waals surface area contributed by atoms with Gasteiger partial charge in [-0.15, -0.1) is 0 Å². The molecule has 3 rings (SSSR count). The normalized spacial score (nSPS) is 25.6. The fourth-order valence-corrected chi connectivity index (χ4v) is 3.33. The fraction of sp³-hybridized carbons (Fsp3) is 0.812. The second-order valence-electron chi connectivity index (χ2n) is 6.34. The highest BCUT2D eigenvalue weighted by molar-refractivity contribution is 4.84. The molecule has 2 aliphatic rings. The fourth-order valence-electron chi connectivity index (χ4n) is 3.33. The number of hydrogen-bond acceptors (Lipinski definition) is 5. The molecule has 2 unspecified atom stereocenters. The van der Waals surface area contributed by atoms with Crippen LogP contribution in [0, 0.1) is 0 Å². The van der Waals surface area contributed by atoms with Crippen LogP contribution in [0.4, 0.5) is 0 Å². The van der Waals surface area contributed by atoms with Crippen LogP contribution in [-0.2, 0) is 9.47 Å². The zero-order chi connectivity index (χ0) is 15.2. The molecule has 6 nitrogen and oxygen atoms in total. The average Bonchev–Trinajstić information content (AvgIpc) is 3.21. The molecule has 1 aromatic rings. The Bertz CT molecular complexity index is 412. The van der Waals surface area contributed by atoms with Crippen LogP contribution in [0.2, 0.25) is 0 Å². The molecule has 2 saturated heterocycles. The van der Waals surface area contributed by atoms with E-state index in [1.54, 1.807) is 0 Å². The van der Waals surface area contributed by atoms with E-state index in [1.165, 1.54) is 0 Å². The van der Waals surface area contributed by atoms with E-state index in [1.807, 2.05) is 18.5 Å². The third-order valence-electron chi connectivity index (χ3n) is 4.56. The second-order valence-corrected chi connectivity index (χ2v) is 6.34. The third-order valence-corrected chi connectivity index (χ3v) is 4.56. The zero-order valence-corrected chi connectivity index (χ0v) is 13.1. The topological polar surface area (TPSA) is 59.8 Å². The van der Waals surface area contributed by atoms with E-state index in [9.17, 15) is 5.11 Å². The van der Waals surface area contributed by atoms with Gasteiger partial charge in [-0.3, -0.25) is 4.68 Å². The van der Waals surface area contributed by atoms with E-state index in [0.717, 1.165) is 45.4 Å². The molecular weight excluding hydrogens is 282 g/mol. The number of aliphatic hydroxyl groups is 1. The van der Waals surface area contributed by atoms with Crippen molar-refractivity contribution < 1.29 is 14.6 Å². The van der Waals surface area contributed by atoms with Crippen LogP contribution < -0.4 is 0 Å². The monoisotopic (exact) mass is 309 g/mol. The van der Waals surface area contributed by atoms with Crippen LogP contribution in [0.15, 0.2) is 18.5 Å². The molecule has 0 spiro atoms. The van der Waals surface area contributed by atoms with Crippen LogP contribution in [0.3, 0.4) is 0 Å². The van der Waals surface area contributed by atoms with E-state index in [0.29, 0.717) is 25.8 Å². The number of ether oxygens (including phenoxy) is 2. The van der Waals surface area contributed by atoms with Crippen LogP contribution in [-0.4, -0.2) is 71.4 Å². The number of rotatable bonds is 7. The minimum absolute atomic E-state index is 0.233. The highest BCUT2D eigenvalue weighted by Gasteiger charge is 2.22. The first-order valence-corrected chi connectivity index (χ1v) is 8.40. The Balaban J connectivity index is 1.30. The molecule has 0 aromatic carbocycles. The number of aromatic nitrogens is 2.